The Morgan fingerprint density at radius 1 is 1.59 bits per heavy atom. The molecule has 0 aliphatic carbocycles. The van der Waals surface area contributed by atoms with Gasteiger partial charge in [-0.2, -0.15) is 0 Å². The van der Waals surface area contributed by atoms with E-state index in [9.17, 15) is 14.0 Å². The third-order valence-corrected chi connectivity index (χ3v) is 3.10. The second-order valence-corrected chi connectivity index (χ2v) is 4.54. The molecule has 0 saturated heterocycles. The number of alkyl halides is 1. The minimum absolute atomic E-state index is 0.0121. The first kappa shape index (κ1) is 12.0. The lowest BCUT2D eigenvalue weighted by atomic mass is 9.98. The summed E-state index contributed by atoms with van der Waals surface area (Å²) in [5.74, 6) is -1.93. The van der Waals surface area contributed by atoms with Crippen LogP contribution in [0.25, 0.3) is 0 Å². The molecular formula is C11H8BrFO4. The molecule has 2 rings (SSSR count). The van der Waals surface area contributed by atoms with Crippen molar-refractivity contribution in [1.29, 1.82) is 0 Å². The van der Waals surface area contributed by atoms with Crippen molar-refractivity contribution in [2.24, 2.45) is 0 Å². The van der Waals surface area contributed by atoms with Gasteiger partial charge in [0.05, 0.1) is 18.2 Å². The molecule has 0 bridgehead atoms. The number of benzene rings is 1. The molecule has 0 radical (unpaired) electrons. The van der Waals surface area contributed by atoms with Crippen molar-refractivity contribution in [3.05, 3.63) is 29.1 Å². The summed E-state index contributed by atoms with van der Waals surface area (Å²) < 4.78 is 23.1. The zero-order chi connectivity index (χ0) is 12.6. The van der Waals surface area contributed by atoms with Gasteiger partial charge in [0.1, 0.15) is 11.4 Å². The molecule has 0 spiro atoms. The predicted molar refractivity (Wildman–Crippen MR) is 60.3 cm³/mol. The molecule has 0 aromatic heterocycles. The second-order valence-electron chi connectivity index (χ2n) is 3.43. The number of halogens is 2. The molecular weight excluding hydrogens is 295 g/mol. The molecule has 1 heterocycles. The average molecular weight is 303 g/mol. The normalized spacial score (nSPS) is 18.3. The van der Waals surface area contributed by atoms with Gasteiger partial charge < -0.3 is 9.47 Å². The Labute approximate surface area is 105 Å². The van der Waals surface area contributed by atoms with Gasteiger partial charge in [0.15, 0.2) is 17.3 Å². The molecule has 0 fully saturated rings. The third kappa shape index (κ3) is 1.93. The Hall–Kier alpha value is -1.43. The zero-order valence-corrected chi connectivity index (χ0v) is 10.4. The number of carbonyl (C=O) groups is 2. The number of fused-ring (bicyclic) bond motifs is 1. The highest BCUT2D eigenvalue weighted by Gasteiger charge is 2.33. The van der Waals surface area contributed by atoms with Crippen LogP contribution in [0, 0.1) is 5.82 Å². The van der Waals surface area contributed by atoms with Crippen LogP contribution in [0.15, 0.2) is 12.1 Å². The second kappa shape index (κ2) is 4.44. The van der Waals surface area contributed by atoms with Crippen molar-refractivity contribution < 1.29 is 23.5 Å². The smallest absolute Gasteiger partial charge is 0.338 e. The van der Waals surface area contributed by atoms with Gasteiger partial charge in [0, 0.05) is 0 Å². The highest BCUT2D eigenvalue weighted by atomic mass is 79.9. The van der Waals surface area contributed by atoms with Crippen LogP contribution >= 0.6 is 15.9 Å². The highest BCUT2D eigenvalue weighted by Crippen LogP contribution is 2.33. The summed E-state index contributed by atoms with van der Waals surface area (Å²) in [6, 6.07) is 2.29. The molecule has 90 valence electrons. The number of rotatable bonds is 1. The Balaban J connectivity index is 2.65. The van der Waals surface area contributed by atoms with E-state index in [-0.39, 0.29) is 29.3 Å². The molecule has 1 aliphatic heterocycles. The fourth-order valence-electron chi connectivity index (χ4n) is 1.61. The van der Waals surface area contributed by atoms with Gasteiger partial charge in [0.25, 0.3) is 0 Å². The molecule has 1 atom stereocenters. The first-order valence-corrected chi connectivity index (χ1v) is 5.69. The van der Waals surface area contributed by atoms with Gasteiger partial charge in [0.2, 0.25) is 0 Å². The molecule has 17 heavy (non-hydrogen) atoms. The monoisotopic (exact) mass is 302 g/mol. The van der Waals surface area contributed by atoms with Crippen molar-refractivity contribution in [3.63, 3.8) is 0 Å². The minimum Gasteiger partial charge on any atom is -0.488 e. The van der Waals surface area contributed by atoms with E-state index in [1.807, 2.05) is 0 Å². The number of methoxy groups -OCH3 is 1. The van der Waals surface area contributed by atoms with Gasteiger partial charge in [-0.05, 0) is 12.1 Å². The van der Waals surface area contributed by atoms with Gasteiger partial charge in [-0.25, -0.2) is 9.18 Å². The van der Waals surface area contributed by atoms with Crippen LogP contribution < -0.4 is 4.74 Å². The first-order valence-electron chi connectivity index (χ1n) is 4.78. The molecule has 0 N–H and O–H groups in total. The van der Waals surface area contributed by atoms with E-state index >= 15 is 0 Å². The highest BCUT2D eigenvalue weighted by molar-refractivity contribution is 9.10. The Morgan fingerprint density at radius 2 is 2.29 bits per heavy atom. The van der Waals surface area contributed by atoms with Crippen LogP contribution in [0.4, 0.5) is 4.39 Å². The Morgan fingerprint density at radius 3 is 2.94 bits per heavy atom. The van der Waals surface area contributed by atoms with Gasteiger partial charge in [-0.1, -0.05) is 15.9 Å². The van der Waals surface area contributed by atoms with Crippen LogP contribution in [0.1, 0.15) is 20.7 Å². The molecule has 6 heteroatoms. The average Bonchev–Trinajstić information content (AvgIpc) is 2.33. The van der Waals surface area contributed by atoms with Crippen molar-refractivity contribution in [2.75, 3.05) is 13.7 Å². The first-order chi connectivity index (χ1) is 8.06. The Bertz CT molecular complexity index is 500. The molecule has 1 aromatic rings. The van der Waals surface area contributed by atoms with Crippen LogP contribution in [0.3, 0.4) is 0 Å². The number of esters is 1. The van der Waals surface area contributed by atoms with Crippen molar-refractivity contribution >= 4 is 27.7 Å². The number of ketones is 1. The van der Waals surface area contributed by atoms with Gasteiger partial charge in [-0.15, -0.1) is 0 Å². The quantitative estimate of drug-likeness (QED) is 0.588. The number of ether oxygens (including phenoxy) is 2. The van der Waals surface area contributed by atoms with E-state index in [1.54, 1.807) is 0 Å². The lowest BCUT2D eigenvalue weighted by Gasteiger charge is -2.22. The molecule has 4 nitrogen and oxygen atoms in total. The summed E-state index contributed by atoms with van der Waals surface area (Å²) in [4.78, 5) is 22.8. The van der Waals surface area contributed by atoms with Crippen molar-refractivity contribution in [3.8, 4) is 5.75 Å². The lowest BCUT2D eigenvalue weighted by molar-refractivity contribution is 0.0594. The maximum absolute atomic E-state index is 13.5. The van der Waals surface area contributed by atoms with Crippen LogP contribution in [-0.2, 0) is 4.74 Å². The summed E-state index contributed by atoms with van der Waals surface area (Å²) in [5.41, 5.74) is -0.0528. The fraction of sp³-hybridized carbons (Fsp3) is 0.273. The summed E-state index contributed by atoms with van der Waals surface area (Å²) in [5, 5.41) is 0. The maximum atomic E-state index is 13.5. The largest absolute Gasteiger partial charge is 0.488 e. The molecule has 1 aliphatic rings. The summed E-state index contributed by atoms with van der Waals surface area (Å²) >= 11 is 3.10. The van der Waals surface area contributed by atoms with Crippen LogP contribution in [-0.4, -0.2) is 30.3 Å². The summed E-state index contributed by atoms with van der Waals surface area (Å²) in [6.45, 7) is 0.0351. The molecule has 0 amide bonds. The van der Waals surface area contributed by atoms with Crippen molar-refractivity contribution in [1.82, 2.24) is 0 Å². The SMILES string of the molecule is COC(=O)c1ccc(F)c2c1C(=O)C(Br)CO2. The van der Waals surface area contributed by atoms with Crippen molar-refractivity contribution in [2.45, 2.75) is 4.83 Å². The van der Waals surface area contributed by atoms with E-state index in [0.29, 0.717) is 0 Å². The van der Waals surface area contributed by atoms with E-state index in [0.717, 1.165) is 6.07 Å². The topological polar surface area (TPSA) is 52.6 Å². The molecule has 0 saturated carbocycles. The lowest BCUT2D eigenvalue weighted by Crippen LogP contribution is -2.30. The number of hydrogen-bond donors (Lipinski definition) is 0. The fourth-order valence-corrected chi connectivity index (χ4v) is 1.97. The third-order valence-electron chi connectivity index (χ3n) is 2.42. The van der Waals surface area contributed by atoms with E-state index in [4.69, 9.17) is 4.74 Å². The van der Waals surface area contributed by atoms with Gasteiger partial charge in [-0.3, -0.25) is 4.79 Å². The zero-order valence-electron chi connectivity index (χ0n) is 8.83. The van der Waals surface area contributed by atoms with Crippen LogP contribution in [0.5, 0.6) is 5.75 Å². The summed E-state index contributed by atoms with van der Waals surface area (Å²) in [7, 11) is 1.19. The Kier molecular flexibility index (Phi) is 3.15. The standard InChI is InChI=1S/C11H8BrFO4/c1-16-11(15)5-2-3-7(13)10-8(5)9(14)6(12)4-17-10/h2-3,6H,4H2,1H3. The number of Topliss-reactive ketones (excluding diaryl/α,β-unsaturated/α-hetero) is 1. The number of hydrogen-bond acceptors (Lipinski definition) is 4. The minimum atomic E-state index is -0.695. The summed E-state index contributed by atoms with van der Waals surface area (Å²) in [6.07, 6.45) is 0. The van der Waals surface area contributed by atoms with Crippen LogP contribution in [0.2, 0.25) is 0 Å². The van der Waals surface area contributed by atoms with E-state index in [1.165, 1.54) is 13.2 Å². The number of carbonyl (C=O) groups excluding carboxylic acids is 2. The van der Waals surface area contributed by atoms with E-state index < -0.39 is 16.6 Å². The predicted octanol–water partition coefficient (Wildman–Crippen LogP) is 1.95. The van der Waals surface area contributed by atoms with E-state index in [2.05, 4.69) is 20.7 Å². The van der Waals surface area contributed by atoms with Gasteiger partial charge >= 0.3 is 5.97 Å². The maximum Gasteiger partial charge on any atom is 0.338 e. The molecule has 1 unspecified atom stereocenters. The molecule has 1 aromatic carbocycles.